The third-order valence-electron chi connectivity index (χ3n) is 5.78. The highest BCUT2D eigenvalue weighted by Crippen LogP contribution is 2.41. The lowest BCUT2D eigenvalue weighted by atomic mass is 10.1. The Kier molecular flexibility index (Phi) is 4.09. The normalized spacial score (nSPS) is 20.2. The Balaban J connectivity index is 1.64. The molecule has 2 aliphatic rings. The van der Waals surface area contributed by atoms with Gasteiger partial charge in [0.05, 0.1) is 0 Å². The van der Waals surface area contributed by atoms with Crippen LogP contribution in [-0.2, 0) is 11.3 Å². The van der Waals surface area contributed by atoms with Gasteiger partial charge in [-0.1, -0.05) is 59.7 Å². The number of aromatic nitrogens is 3. The van der Waals surface area contributed by atoms with Crippen LogP contribution >= 0.6 is 0 Å². The first kappa shape index (κ1) is 18.4. The van der Waals surface area contributed by atoms with Crippen LogP contribution < -0.4 is 10.2 Å². The van der Waals surface area contributed by atoms with Gasteiger partial charge >= 0.3 is 6.03 Å². The van der Waals surface area contributed by atoms with Gasteiger partial charge in [-0.15, -0.1) is 10.2 Å². The van der Waals surface area contributed by atoms with Gasteiger partial charge in [-0.05, 0) is 19.4 Å². The van der Waals surface area contributed by atoms with E-state index in [1.807, 2.05) is 65.8 Å². The second-order valence-electron chi connectivity index (χ2n) is 7.94. The molecular formula is C22H22N6O2. The lowest BCUT2D eigenvalue weighted by molar-refractivity contribution is -0.124. The summed E-state index contributed by atoms with van der Waals surface area (Å²) in [6.45, 7) is 4.55. The zero-order chi connectivity index (χ0) is 21.0. The van der Waals surface area contributed by atoms with Gasteiger partial charge in [-0.25, -0.2) is 4.79 Å². The number of nitrogens with zero attached hydrogens (tertiary/aromatic N) is 5. The number of rotatable bonds is 3. The van der Waals surface area contributed by atoms with Crippen molar-refractivity contribution in [2.75, 3.05) is 11.9 Å². The van der Waals surface area contributed by atoms with Gasteiger partial charge in [0, 0.05) is 19.2 Å². The van der Waals surface area contributed by atoms with Gasteiger partial charge in [0.25, 0.3) is 5.91 Å². The summed E-state index contributed by atoms with van der Waals surface area (Å²) in [6, 6.07) is 15.1. The second kappa shape index (κ2) is 6.69. The molecule has 3 heterocycles. The molecule has 1 aromatic heterocycles. The smallest absolute Gasteiger partial charge is 0.321 e. The molecule has 2 aliphatic heterocycles. The monoisotopic (exact) mass is 402 g/mol. The molecular weight excluding hydrogens is 380 g/mol. The van der Waals surface area contributed by atoms with E-state index in [4.69, 9.17) is 0 Å². The molecule has 0 aliphatic carbocycles. The van der Waals surface area contributed by atoms with Crippen LogP contribution in [-0.4, -0.2) is 44.7 Å². The Bertz CT molecular complexity index is 1150. The molecule has 0 saturated carbocycles. The zero-order valence-electron chi connectivity index (χ0n) is 17.0. The van der Waals surface area contributed by atoms with Crippen LogP contribution in [0.15, 0.2) is 48.5 Å². The number of urea groups is 1. The molecule has 1 N–H and O–H groups in total. The summed E-state index contributed by atoms with van der Waals surface area (Å²) in [6.07, 6.45) is -0.516. The van der Waals surface area contributed by atoms with Crippen LogP contribution in [0, 0.1) is 13.8 Å². The number of carbonyl (C=O) groups excluding carboxylic acids is 2. The van der Waals surface area contributed by atoms with Crippen molar-refractivity contribution in [1.29, 1.82) is 0 Å². The van der Waals surface area contributed by atoms with E-state index in [0.29, 0.717) is 18.3 Å². The largest absolute Gasteiger partial charge is 0.325 e. The topological polar surface area (TPSA) is 83.4 Å². The number of anilines is 1. The second-order valence-corrected chi connectivity index (χ2v) is 7.94. The van der Waals surface area contributed by atoms with Crippen molar-refractivity contribution >= 4 is 17.9 Å². The molecule has 5 rings (SSSR count). The minimum absolute atomic E-state index is 0.323. The van der Waals surface area contributed by atoms with E-state index >= 15 is 0 Å². The van der Waals surface area contributed by atoms with Crippen LogP contribution in [0.4, 0.5) is 10.7 Å². The highest BCUT2D eigenvalue weighted by molar-refractivity contribution is 6.02. The fourth-order valence-corrected chi connectivity index (χ4v) is 4.27. The molecule has 3 amide bonds. The van der Waals surface area contributed by atoms with E-state index < -0.39 is 18.2 Å². The van der Waals surface area contributed by atoms with E-state index in [1.54, 1.807) is 11.9 Å². The quantitative estimate of drug-likeness (QED) is 0.728. The Labute approximate surface area is 174 Å². The third kappa shape index (κ3) is 2.75. The number of carbonyl (C=O) groups is 2. The fraction of sp³-hybridized carbons (Fsp3) is 0.273. The van der Waals surface area contributed by atoms with Crippen molar-refractivity contribution < 1.29 is 9.59 Å². The highest BCUT2D eigenvalue weighted by Gasteiger charge is 2.52. The summed E-state index contributed by atoms with van der Waals surface area (Å²) in [5.74, 6) is 0.899. The van der Waals surface area contributed by atoms with Crippen molar-refractivity contribution in [3.8, 4) is 11.4 Å². The SMILES string of the molecule is Cc1ccc(-c2nnc3n2C2C(C(=O)NC(=O)N2C)N3Cc2cccc(C)c2)cc1. The zero-order valence-corrected chi connectivity index (χ0v) is 17.0. The number of hydrogen-bond acceptors (Lipinski definition) is 5. The number of amides is 3. The minimum atomic E-state index is -0.581. The van der Waals surface area contributed by atoms with E-state index in [-0.39, 0.29) is 5.91 Å². The van der Waals surface area contributed by atoms with Crippen LogP contribution in [0.5, 0.6) is 0 Å². The Hall–Kier alpha value is -3.68. The molecule has 0 radical (unpaired) electrons. The number of hydrogen-bond donors (Lipinski definition) is 1. The van der Waals surface area contributed by atoms with Crippen molar-refractivity contribution in [1.82, 2.24) is 25.0 Å². The number of benzene rings is 2. The minimum Gasteiger partial charge on any atom is -0.321 e. The first-order valence-corrected chi connectivity index (χ1v) is 9.86. The number of nitrogens with one attached hydrogen (secondary N) is 1. The van der Waals surface area contributed by atoms with E-state index in [2.05, 4.69) is 21.6 Å². The molecule has 1 saturated heterocycles. The van der Waals surface area contributed by atoms with Crippen molar-refractivity contribution in [2.45, 2.75) is 32.6 Å². The van der Waals surface area contributed by atoms with Crippen LogP contribution in [0.3, 0.4) is 0 Å². The summed E-state index contributed by atoms with van der Waals surface area (Å²) in [5, 5.41) is 11.3. The molecule has 8 heteroatoms. The number of fused-ring (bicyclic) bond motifs is 3. The van der Waals surface area contributed by atoms with Gasteiger partial charge in [0.1, 0.15) is 6.17 Å². The molecule has 0 bridgehead atoms. The Morgan fingerprint density at radius 1 is 1.00 bits per heavy atom. The molecule has 2 unspecified atom stereocenters. The summed E-state index contributed by atoms with van der Waals surface area (Å²) in [7, 11) is 1.69. The number of imide groups is 1. The molecule has 1 fully saturated rings. The molecule has 152 valence electrons. The first-order valence-electron chi connectivity index (χ1n) is 9.86. The molecule has 2 aromatic carbocycles. The molecule has 8 nitrogen and oxygen atoms in total. The van der Waals surface area contributed by atoms with E-state index in [1.165, 1.54) is 0 Å². The van der Waals surface area contributed by atoms with E-state index in [0.717, 1.165) is 22.3 Å². The van der Waals surface area contributed by atoms with E-state index in [9.17, 15) is 9.59 Å². The molecule has 2 atom stereocenters. The van der Waals surface area contributed by atoms with Gasteiger partial charge in [-0.2, -0.15) is 0 Å². The molecule has 0 spiro atoms. The number of likely N-dealkylation sites (N-methyl/N-ethyl adjacent to an activating group) is 1. The summed E-state index contributed by atoms with van der Waals surface area (Å²) >= 11 is 0. The molecule has 3 aromatic rings. The summed E-state index contributed by atoms with van der Waals surface area (Å²) in [4.78, 5) is 28.8. The van der Waals surface area contributed by atoms with Crippen LogP contribution in [0.1, 0.15) is 22.9 Å². The van der Waals surface area contributed by atoms with Gasteiger partial charge in [-0.3, -0.25) is 14.7 Å². The first-order chi connectivity index (χ1) is 14.4. The maximum Gasteiger partial charge on any atom is 0.325 e. The van der Waals surface area contributed by atoms with Crippen molar-refractivity contribution in [2.24, 2.45) is 0 Å². The lowest BCUT2D eigenvalue weighted by Gasteiger charge is -2.37. The standard InChI is InChI=1S/C22H22N6O2/c1-13-7-9-16(10-8-13)18-24-25-21-27(12-15-6-4-5-14(2)11-15)17-19(29)23-22(30)26(3)20(17)28(18)21/h4-11,17,20H,12H2,1-3H3,(H,23,29,30). The average molecular weight is 402 g/mol. The lowest BCUT2D eigenvalue weighted by Crippen LogP contribution is -2.61. The average Bonchev–Trinajstić information content (AvgIpc) is 3.26. The summed E-state index contributed by atoms with van der Waals surface area (Å²) in [5.41, 5.74) is 4.24. The number of aryl methyl sites for hydroxylation is 2. The molecule has 30 heavy (non-hydrogen) atoms. The van der Waals surface area contributed by atoms with Gasteiger partial charge in [0.2, 0.25) is 5.95 Å². The maximum absolute atomic E-state index is 12.9. The van der Waals surface area contributed by atoms with Crippen molar-refractivity contribution in [3.05, 3.63) is 65.2 Å². The predicted octanol–water partition coefficient (Wildman–Crippen LogP) is 2.63. The fourth-order valence-electron chi connectivity index (χ4n) is 4.27. The van der Waals surface area contributed by atoms with Crippen molar-refractivity contribution in [3.63, 3.8) is 0 Å². The third-order valence-corrected chi connectivity index (χ3v) is 5.78. The maximum atomic E-state index is 12.9. The Morgan fingerprint density at radius 2 is 1.77 bits per heavy atom. The Morgan fingerprint density at radius 3 is 2.50 bits per heavy atom. The summed E-state index contributed by atoms with van der Waals surface area (Å²) < 4.78 is 1.90. The van der Waals surface area contributed by atoms with Gasteiger partial charge in [0.15, 0.2) is 11.9 Å². The van der Waals surface area contributed by atoms with Gasteiger partial charge < -0.3 is 9.80 Å². The van der Waals surface area contributed by atoms with Crippen LogP contribution in [0.25, 0.3) is 11.4 Å². The highest BCUT2D eigenvalue weighted by atomic mass is 16.2. The predicted molar refractivity (Wildman–Crippen MR) is 112 cm³/mol. The van der Waals surface area contributed by atoms with Crippen LogP contribution in [0.2, 0.25) is 0 Å².